The molecule has 92 valence electrons. The molecular formula is C14H21N3. The highest BCUT2D eigenvalue weighted by molar-refractivity contribution is 5.95. The molecule has 1 N–H and O–H groups in total. The maximum absolute atomic E-state index is 4.75. The van der Waals surface area contributed by atoms with Crippen LogP contribution in [0.2, 0.25) is 0 Å². The number of anilines is 1. The number of guanidine groups is 1. The summed E-state index contributed by atoms with van der Waals surface area (Å²) < 4.78 is 0. The van der Waals surface area contributed by atoms with Gasteiger partial charge in [-0.05, 0) is 39.8 Å². The fraction of sp³-hybridized carbons (Fsp3) is 0.500. The molecule has 0 aromatic heterocycles. The van der Waals surface area contributed by atoms with Crippen LogP contribution < -0.4 is 5.32 Å². The quantitative estimate of drug-likeness (QED) is 0.847. The molecule has 1 aliphatic rings. The highest BCUT2D eigenvalue weighted by Crippen LogP contribution is 2.23. The van der Waals surface area contributed by atoms with Crippen molar-refractivity contribution in [2.24, 2.45) is 4.99 Å². The van der Waals surface area contributed by atoms with Crippen molar-refractivity contribution in [2.75, 3.05) is 11.9 Å². The lowest BCUT2D eigenvalue weighted by molar-refractivity contribution is 0.323. The molecule has 3 heteroatoms. The zero-order valence-electron chi connectivity index (χ0n) is 11.1. The predicted octanol–water partition coefficient (Wildman–Crippen LogP) is 2.96. The van der Waals surface area contributed by atoms with Crippen molar-refractivity contribution in [1.29, 1.82) is 0 Å². The average Bonchev–Trinajstić information content (AvgIpc) is 2.55. The minimum atomic E-state index is 0.00137. The summed E-state index contributed by atoms with van der Waals surface area (Å²) in [6.45, 7) is 9.71. The van der Waals surface area contributed by atoms with Gasteiger partial charge in [-0.1, -0.05) is 18.2 Å². The molecule has 0 aliphatic carbocycles. The van der Waals surface area contributed by atoms with Crippen LogP contribution >= 0.6 is 0 Å². The van der Waals surface area contributed by atoms with Gasteiger partial charge < -0.3 is 10.2 Å². The summed E-state index contributed by atoms with van der Waals surface area (Å²) in [5.41, 5.74) is 1.09. The van der Waals surface area contributed by atoms with E-state index in [2.05, 4.69) is 50.0 Å². The van der Waals surface area contributed by atoms with E-state index in [0.717, 1.165) is 18.2 Å². The normalized spacial score (nSPS) is 18.4. The predicted molar refractivity (Wildman–Crippen MR) is 73.4 cm³/mol. The van der Waals surface area contributed by atoms with Crippen molar-refractivity contribution in [3.63, 3.8) is 0 Å². The van der Waals surface area contributed by atoms with Crippen molar-refractivity contribution in [2.45, 2.75) is 39.3 Å². The number of benzene rings is 1. The van der Waals surface area contributed by atoms with Gasteiger partial charge in [0, 0.05) is 18.3 Å². The summed E-state index contributed by atoms with van der Waals surface area (Å²) in [4.78, 5) is 7.06. The molecule has 0 amide bonds. The molecule has 0 saturated heterocycles. The molecule has 1 aromatic carbocycles. The molecule has 1 aromatic rings. The van der Waals surface area contributed by atoms with Gasteiger partial charge >= 0.3 is 0 Å². The average molecular weight is 231 g/mol. The topological polar surface area (TPSA) is 27.6 Å². The van der Waals surface area contributed by atoms with Gasteiger partial charge in [-0.2, -0.15) is 0 Å². The second kappa shape index (κ2) is 4.40. The van der Waals surface area contributed by atoms with E-state index >= 15 is 0 Å². The molecule has 0 radical (unpaired) electrons. The fourth-order valence-electron chi connectivity index (χ4n) is 2.06. The summed E-state index contributed by atoms with van der Waals surface area (Å²) in [5, 5.41) is 3.40. The van der Waals surface area contributed by atoms with Gasteiger partial charge in [-0.15, -0.1) is 0 Å². The summed E-state index contributed by atoms with van der Waals surface area (Å²) in [6.07, 6.45) is 0. The maximum Gasteiger partial charge on any atom is 0.199 e. The van der Waals surface area contributed by atoms with E-state index in [1.165, 1.54) is 0 Å². The molecule has 1 heterocycles. The van der Waals surface area contributed by atoms with Crippen LogP contribution in [-0.2, 0) is 0 Å². The molecular weight excluding hydrogens is 210 g/mol. The second-order valence-corrected chi connectivity index (χ2v) is 5.46. The summed E-state index contributed by atoms with van der Waals surface area (Å²) in [7, 11) is 0. The Balaban J connectivity index is 2.18. The van der Waals surface area contributed by atoms with Gasteiger partial charge in [0.05, 0.1) is 5.54 Å². The molecule has 0 spiro atoms. The van der Waals surface area contributed by atoms with E-state index < -0.39 is 0 Å². The third kappa shape index (κ3) is 2.78. The van der Waals surface area contributed by atoms with E-state index in [-0.39, 0.29) is 5.54 Å². The monoisotopic (exact) mass is 231 g/mol. The standard InChI is InChI=1S/C14H21N3/c1-11(2)17-10-14(3,4)16-13(17)15-12-8-6-5-7-9-12/h5-9,11H,10H2,1-4H3,(H,15,16). The van der Waals surface area contributed by atoms with Gasteiger partial charge in [-0.25, -0.2) is 4.99 Å². The summed E-state index contributed by atoms with van der Waals surface area (Å²) >= 11 is 0. The SMILES string of the molecule is CC(C)N1CC(C)(C)N=C1Nc1ccccc1. The fourth-order valence-corrected chi connectivity index (χ4v) is 2.06. The van der Waals surface area contributed by atoms with Crippen LogP contribution in [0.15, 0.2) is 35.3 Å². The number of nitrogens with zero attached hydrogens (tertiary/aromatic N) is 2. The Bertz CT molecular complexity index is 407. The van der Waals surface area contributed by atoms with Crippen molar-refractivity contribution < 1.29 is 0 Å². The van der Waals surface area contributed by atoms with Crippen LogP contribution in [-0.4, -0.2) is 29.0 Å². The number of rotatable bonds is 2. The Hall–Kier alpha value is -1.51. The Morgan fingerprint density at radius 2 is 1.88 bits per heavy atom. The molecule has 0 atom stereocenters. The van der Waals surface area contributed by atoms with Gasteiger partial charge in [0.2, 0.25) is 0 Å². The Morgan fingerprint density at radius 3 is 2.47 bits per heavy atom. The van der Waals surface area contributed by atoms with Crippen molar-refractivity contribution in [1.82, 2.24) is 4.90 Å². The Morgan fingerprint density at radius 1 is 1.24 bits per heavy atom. The highest BCUT2D eigenvalue weighted by Gasteiger charge is 2.32. The second-order valence-electron chi connectivity index (χ2n) is 5.46. The number of aliphatic imine (C=N–C) groups is 1. The van der Waals surface area contributed by atoms with Crippen LogP contribution in [0.4, 0.5) is 5.69 Å². The van der Waals surface area contributed by atoms with Crippen LogP contribution in [0.1, 0.15) is 27.7 Å². The Labute approximate surface area is 104 Å². The molecule has 2 rings (SSSR count). The number of para-hydroxylation sites is 1. The lowest BCUT2D eigenvalue weighted by atomic mass is 10.1. The van der Waals surface area contributed by atoms with Gasteiger partial charge in [0.1, 0.15) is 0 Å². The van der Waals surface area contributed by atoms with Gasteiger partial charge in [-0.3, -0.25) is 0 Å². The van der Waals surface area contributed by atoms with E-state index in [9.17, 15) is 0 Å². The van der Waals surface area contributed by atoms with Crippen molar-refractivity contribution in [3.8, 4) is 0 Å². The summed E-state index contributed by atoms with van der Waals surface area (Å²) in [5.74, 6) is 0.983. The molecule has 1 aliphatic heterocycles. The lowest BCUT2D eigenvalue weighted by Gasteiger charge is -2.26. The maximum atomic E-state index is 4.75. The van der Waals surface area contributed by atoms with Gasteiger partial charge in [0.15, 0.2) is 5.96 Å². The number of hydrogen-bond acceptors (Lipinski definition) is 3. The van der Waals surface area contributed by atoms with Crippen molar-refractivity contribution in [3.05, 3.63) is 30.3 Å². The first-order chi connectivity index (χ1) is 7.98. The van der Waals surface area contributed by atoms with E-state index in [0.29, 0.717) is 6.04 Å². The minimum Gasteiger partial charge on any atom is -0.338 e. The number of hydrogen-bond donors (Lipinski definition) is 1. The van der Waals surface area contributed by atoms with Crippen LogP contribution in [0.5, 0.6) is 0 Å². The van der Waals surface area contributed by atoms with E-state index in [4.69, 9.17) is 4.99 Å². The third-order valence-corrected chi connectivity index (χ3v) is 2.89. The highest BCUT2D eigenvalue weighted by atomic mass is 15.4. The minimum absolute atomic E-state index is 0.00137. The summed E-state index contributed by atoms with van der Waals surface area (Å²) in [6, 6.07) is 10.7. The Kier molecular flexibility index (Phi) is 3.09. The third-order valence-electron chi connectivity index (χ3n) is 2.89. The molecule has 0 saturated carbocycles. The number of nitrogens with one attached hydrogen (secondary N) is 1. The van der Waals surface area contributed by atoms with Crippen LogP contribution in [0.25, 0.3) is 0 Å². The molecule has 0 fully saturated rings. The van der Waals surface area contributed by atoms with Crippen LogP contribution in [0.3, 0.4) is 0 Å². The first kappa shape index (κ1) is 12.0. The zero-order chi connectivity index (χ0) is 12.5. The van der Waals surface area contributed by atoms with E-state index in [1.54, 1.807) is 0 Å². The molecule has 17 heavy (non-hydrogen) atoms. The zero-order valence-corrected chi connectivity index (χ0v) is 11.1. The van der Waals surface area contributed by atoms with Crippen molar-refractivity contribution >= 4 is 11.6 Å². The van der Waals surface area contributed by atoms with Crippen LogP contribution in [0, 0.1) is 0 Å². The van der Waals surface area contributed by atoms with Gasteiger partial charge in [0.25, 0.3) is 0 Å². The molecule has 3 nitrogen and oxygen atoms in total. The lowest BCUT2D eigenvalue weighted by Crippen LogP contribution is -2.40. The molecule has 0 bridgehead atoms. The first-order valence-corrected chi connectivity index (χ1v) is 6.16. The largest absolute Gasteiger partial charge is 0.338 e. The van der Waals surface area contributed by atoms with E-state index in [1.807, 2.05) is 18.2 Å². The first-order valence-electron chi connectivity index (χ1n) is 6.16. The smallest absolute Gasteiger partial charge is 0.199 e. The molecule has 0 unspecified atom stereocenters.